The lowest BCUT2D eigenvalue weighted by atomic mass is 10.2. The molecular formula is C18H19ClNO3-. The van der Waals surface area contributed by atoms with E-state index in [2.05, 4.69) is 24.0 Å². The Balaban J connectivity index is 0.00000192. The van der Waals surface area contributed by atoms with Gasteiger partial charge in [-0.05, 0) is 35.4 Å². The molecular weight excluding hydrogens is 314 g/mol. The highest BCUT2D eigenvalue weighted by Crippen LogP contribution is 2.32. The molecule has 0 aromatic heterocycles. The summed E-state index contributed by atoms with van der Waals surface area (Å²) in [6.45, 7) is 6.11. The van der Waals surface area contributed by atoms with Crippen LogP contribution < -0.4 is 31.9 Å². The molecule has 1 N–H and O–H groups in total. The summed E-state index contributed by atoms with van der Waals surface area (Å²) in [5.74, 6) is 2.43. The van der Waals surface area contributed by atoms with Gasteiger partial charge in [-0.3, -0.25) is 0 Å². The van der Waals surface area contributed by atoms with Crippen LogP contribution in [0.5, 0.6) is 17.2 Å². The van der Waals surface area contributed by atoms with E-state index in [1.165, 1.54) is 5.56 Å². The smallest absolute Gasteiger partial charge is 0.231 e. The van der Waals surface area contributed by atoms with E-state index in [0.717, 1.165) is 35.9 Å². The second-order valence-electron chi connectivity index (χ2n) is 5.04. The van der Waals surface area contributed by atoms with E-state index in [1.54, 1.807) is 0 Å². The minimum Gasteiger partial charge on any atom is -1.00 e. The number of hydrogen-bond acceptors (Lipinski definition) is 4. The van der Waals surface area contributed by atoms with Crippen molar-refractivity contribution in [3.05, 3.63) is 66.2 Å². The minimum atomic E-state index is 0. The highest BCUT2D eigenvalue weighted by molar-refractivity contribution is 5.44. The number of hydrogen-bond donors (Lipinski definition) is 1. The summed E-state index contributed by atoms with van der Waals surface area (Å²) in [6.07, 6.45) is 1.85. The third-order valence-corrected chi connectivity index (χ3v) is 3.38. The summed E-state index contributed by atoms with van der Waals surface area (Å²) >= 11 is 0. The maximum absolute atomic E-state index is 5.80. The highest BCUT2D eigenvalue weighted by atomic mass is 35.5. The minimum absolute atomic E-state index is 0. The van der Waals surface area contributed by atoms with Crippen LogP contribution in [0.3, 0.4) is 0 Å². The second kappa shape index (κ2) is 8.46. The number of nitrogens with one attached hydrogen (secondary N) is 1. The molecule has 122 valence electrons. The quantitative estimate of drug-likeness (QED) is 0.584. The maximum Gasteiger partial charge on any atom is 0.231 e. The summed E-state index contributed by atoms with van der Waals surface area (Å²) < 4.78 is 16.5. The van der Waals surface area contributed by atoms with Crippen LogP contribution in [0.4, 0.5) is 0 Å². The van der Waals surface area contributed by atoms with E-state index < -0.39 is 0 Å². The van der Waals surface area contributed by atoms with E-state index in [1.807, 2.05) is 36.4 Å². The topological polar surface area (TPSA) is 39.7 Å². The second-order valence-corrected chi connectivity index (χ2v) is 5.04. The van der Waals surface area contributed by atoms with Crippen molar-refractivity contribution in [3.8, 4) is 17.2 Å². The summed E-state index contributed by atoms with van der Waals surface area (Å²) in [5, 5.41) is 3.27. The first-order chi connectivity index (χ1) is 10.8. The third-order valence-electron chi connectivity index (χ3n) is 3.38. The van der Waals surface area contributed by atoms with Gasteiger partial charge in [0, 0.05) is 13.1 Å². The predicted octanol–water partition coefficient (Wildman–Crippen LogP) is 0.274. The van der Waals surface area contributed by atoms with Gasteiger partial charge in [-0.25, -0.2) is 0 Å². The van der Waals surface area contributed by atoms with Crippen LogP contribution in [0.2, 0.25) is 0 Å². The molecule has 2 aromatic rings. The van der Waals surface area contributed by atoms with Crippen LogP contribution in [-0.2, 0) is 13.2 Å². The van der Waals surface area contributed by atoms with Gasteiger partial charge in [0.05, 0.1) is 0 Å². The maximum atomic E-state index is 5.80. The number of fused-ring (bicyclic) bond motifs is 1. The van der Waals surface area contributed by atoms with Gasteiger partial charge in [-0.1, -0.05) is 24.3 Å². The van der Waals surface area contributed by atoms with Crippen molar-refractivity contribution in [3.63, 3.8) is 0 Å². The van der Waals surface area contributed by atoms with Crippen molar-refractivity contribution in [1.82, 2.24) is 5.32 Å². The molecule has 23 heavy (non-hydrogen) atoms. The van der Waals surface area contributed by atoms with E-state index >= 15 is 0 Å². The molecule has 0 spiro atoms. The molecule has 0 saturated carbocycles. The molecule has 0 fully saturated rings. The zero-order chi connectivity index (χ0) is 15.2. The molecule has 4 nitrogen and oxygen atoms in total. The van der Waals surface area contributed by atoms with Crippen molar-refractivity contribution >= 4 is 0 Å². The van der Waals surface area contributed by atoms with Crippen molar-refractivity contribution < 1.29 is 26.6 Å². The van der Waals surface area contributed by atoms with Crippen LogP contribution >= 0.6 is 0 Å². The lowest BCUT2D eigenvalue weighted by Crippen LogP contribution is -3.00. The molecule has 0 atom stereocenters. The first-order valence-corrected chi connectivity index (χ1v) is 7.27. The van der Waals surface area contributed by atoms with Crippen molar-refractivity contribution in [2.45, 2.75) is 13.2 Å². The summed E-state index contributed by atoms with van der Waals surface area (Å²) in [7, 11) is 0. The Kier molecular flexibility index (Phi) is 6.32. The lowest BCUT2D eigenvalue weighted by molar-refractivity contribution is -0.00000635. The van der Waals surface area contributed by atoms with Gasteiger partial charge in [-0.2, -0.15) is 0 Å². The molecule has 5 heteroatoms. The monoisotopic (exact) mass is 332 g/mol. The van der Waals surface area contributed by atoms with E-state index in [4.69, 9.17) is 14.2 Å². The van der Waals surface area contributed by atoms with Crippen LogP contribution in [0.15, 0.2) is 55.1 Å². The molecule has 1 aliphatic heterocycles. The Bertz CT molecular complexity index is 643. The Morgan fingerprint density at radius 1 is 1.04 bits per heavy atom. The van der Waals surface area contributed by atoms with Crippen molar-refractivity contribution in [1.29, 1.82) is 0 Å². The number of halogens is 1. The van der Waals surface area contributed by atoms with Gasteiger partial charge < -0.3 is 31.9 Å². The van der Waals surface area contributed by atoms with Crippen molar-refractivity contribution in [2.24, 2.45) is 0 Å². The number of rotatable bonds is 7. The van der Waals surface area contributed by atoms with Crippen LogP contribution in [0.1, 0.15) is 11.1 Å². The Labute approximate surface area is 142 Å². The van der Waals surface area contributed by atoms with Crippen LogP contribution in [-0.4, -0.2) is 13.3 Å². The third kappa shape index (κ3) is 4.65. The molecule has 0 saturated heterocycles. The average Bonchev–Trinajstić information content (AvgIpc) is 3.02. The van der Waals surface area contributed by atoms with E-state index in [-0.39, 0.29) is 12.4 Å². The molecule has 0 amide bonds. The normalized spacial score (nSPS) is 11.7. The predicted molar refractivity (Wildman–Crippen MR) is 85.2 cm³/mol. The lowest BCUT2D eigenvalue weighted by Gasteiger charge is -2.08. The van der Waals surface area contributed by atoms with Gasteiger partial charge in [0.2, 0.25) is 6.79 Å². The fraction of sp³-hybridized carbons (Fsp3) is 0.222. The van der Waals surface area contributed by atoms with Gasteiger partial charge in [0.25, 0.3) is 0 Å². The summed E-state index contributed by atoms with van der Waals surface area (Å²) in [4.78, 5) is 0. The first-order valence-electron chi connectivity index (χ1n) is 7.27. The van der Waals surface area contributed by atoms with Gasteiger partial charge in [-0.15, -0.1) is 6.58 Å². The molecule has 0 unspecified atom stereocenters. The Morgan fingerprint density at radius 2 is 1.78 bits per heavy atom. The fourth-order valence-electron chi connectivity index (χ4n) is 2.22. The van der Waals surface area contributed by atoms with Crippen LogP contribution in [0, 0.1) is 0 Å². The standard InChI is InChI=1S/C18H19NO3.ClH/c1-2-9-19-11-14-3-6-16(7-4-14)20-12-15-5-8-17-18(10-15)22-13-21-17;/h2-8,10,19H,1,9,11-13H2;1H/p-1. The average molecular weight is 333 g/mol. The zero-order valence-corrected chi connectivity index (χ0v) is 13.5. The van der Waals surface area contributed by atoms with Crippen molar-refractivity contribution in [2.75, 3.05) is 13.3 Å². The number of benzene rings is 2. The molecule has 0 bridgehead atoms. The largest absolute Gasteiger partial charge is 1.00 e. The first kappa shape index (κ1) is 17.2. The zero-order valence-electron chi connectivity index (χ0n) is 12.8. The molecule has 1 aliphatic rings. The number of ether oxygens (including phenoxy) is 3. The van der Waals surface area contributed by atoms with E-state index in [9.17, 15) is 0 Å². The molecule has 0 aliphatic carbocycles. The fourth-order valence-corrected chi connectivity index (χ4v) is 2.22. The SMILES string of the molecule is C=CCNCc1ccc(OCc2ccc3c(c2)OCO3)cc1.[Cl-]. The molecule has 0 radical (unpaired) electrons. The Morgan fingerprint density at radius 3 is 2.57 bits per heavy atom. The van der Waals surface area contributed by atoms with Gasteiger partial charge >= 0.3 is 0 Å². The van der Waals surface area contributed by atoms with E-state index in [0.29, 0.717) is 13.4 Å². The molecule has 1 heterocycles. The molecule has 2 aromatic carbocycles. The summed E-state index contributed by atoms with van der Waals surface area (Å²) in [5.41, 5.74) is 2.28. The van der Waals surface area contributed by atoms with Gasteiger partial charge in [0.1, 0.15) is 12.4 Å². The van der Waals surface area contributed by atoms with Gasteiger partial charge in [0.15, 0.2) is 11.5 Å². The van der Waals surface area contributed by atoms with Crippen LogP contribution in [0.25, 0.3) is 0 Å². The molecule has 3 rings (SSSR count). The highest BCUT2D eigenvalue weighted by Gasteiger charge is 2.13. The Hall–Kier alpha value is -2.17. The summed E-state index contributed by atoms with van der Waals surface area (Å²) in [6, 6.07) is 13.9.